The van der Waals surface area contributed by atoms with Gasteiger partial charge in [-0.1, -0.05) is 6.07 Å². The Morgan fingerprint density at radius 1 is 1.21 bits per heavy atom. The van der Waals surface area contributed by atoms with E-state index in [2.05, 4.69) is 5.32 Å². The van der Waals surface area contributed by atoms with Crippen LogP contribution in [0.5, 0.6) is 5.75 Å². The fraction of sp³-hybridized carbons (Fsp3) is 0.176. The number of benzene rings is 2. The Kier molecular flexibility index (Phi) is 3.92. The van der Waals surface area contributed by atoms with Crippen molar-refractivity contribution in [3.8, 4) is 5.75 Å². The molecule has 1 unspecified atom stereocenters. The molecule has 1 N–H and O–H groups in total. The molecular weight excluding hydrogens is 318 g/mol. The number of carbonyl (C=O) groups excluding carboxylic acids is 2. The number of hydrogen-bond acceptors (Lipinski definition) is 3. The first-order valence-corrected chi connectivity index (χ1v) is 7.22. The smallest absolute Gasteiger partial charge is 0.267 e. The monoisotopic (exact) mass is 332 g/mol. The number of likely N-dealkylation sites (N-methyl/N-ethyl adjacent to an activating group) is 1. The van der Waals surface area contributed by atoms with E-state index in [1.165, 1.54) is 23.1 Å². The molecule has 1 aliphatic heterocycles. The number of nitrogens with zero attached hydrogens (tertiary/aromatic N) is 1. The zero-order valence-electron chi connectivity index (χ0n) is 13.0. The molecule has 2 aromatic rings. The van der Waals surface area contributed by atoms with Crippen LogP contribution in [0.1, 0.15) is 17.3 Å². The number of para-hydroxylation sites is 1. The number of hydrogen-bond donors (Lipinski definition) is 1. The third kappa shape index (κ3) is 2.68. The van der Waals surface area contributed by atoms with Crippen LogP contribution in [0.25, 0.3) is 0 Å². The number of ether oxygens (including phenoxy) is 1. The quantitative estimate of drug-likeness (QED) is 0.920. The molecule has 0 bridgehead atoms. The highest BCUT2D eigenvalue weighted by atomic mass is 19.1. The second-order valence-electron chi connectivity index (χ2n) is 5.39. The summed E-state index contributed by atoms with van der Waals surface area (Å²) in [6.07, 6.45) is -0.616. The van der Waals surface area contributed by atoms with Crippen molar-refractivity contribution in [2.75, 3.05) is 17.3 Å². The second-order valence-corrected chi connectivity index (χ2v) is 5.39. The Morgan fingerprint density at radius 3 is 2.54 bits per heavy atom. The Balaban J connectivity index is 1.91. The summed E-state index contributed by atoms with van der Waals surface area (Å²) in [6.45, 7) is 1.63. The van der Waals surface area contributed by atoms with Crippen LogP contribution in [-0.2, 0) is 4.79 Å². The predicted molar refractivity (Wildman–Crippen MR) is 84.3 cm³/mol. The van der Waals surface area contributed by atoms with Crippen LogP contribution in [0.15, 0.2) is 36.4 Å². The molecule has 1 heterocycles. The fourth-order valence-electron chi connectivity index (χ4n) is 2.46. The van der Waals surface area contributed by atoms with Crippen molar-refractivity contribution >= 4 is 23.2 Å². The summed E-state index contributed by atoms with van der Waals surface area (Å²) < 4.78 is 32.7. The number of carbonyl (C=O) groups is 2. The Hall–Kier alpha value is -2.96. The minimum absolute atomic E-state index is 0.147. The van der Waals surface area contributed by atoms with Gasteiger partial charge in [0.2, 0.25) is 0 Å². The van der Waals surface area contributed by atoms with E-state index in [-0.39, 0.29) is 11.5 Å². The maximum atomic E-state index is 13.6. The van der Waals surface area contributed by atoms with Gasteiger partial charge in [-0.25, -0.2) is 8.78 Å². The summed E-state index contributed by atoms with van der Waals surface area (Å²) in [6, 6.07) is 7.75. The maximum Gasteiger partial charge on any atom is 0.267 e. The van der Waals surface area contributed by atoms with E-state index in [0.29, 0.717) is 11.4 Å². The maximum absolute atomic E-state index is 13.6. The molecule has 0 saturated carbocycles. The number of rotatable bonds is 2. The molecule has 0 radical (unpaired) electrons. The topological polar surface area (TPSA) is 58.6 Å². The molecule has 2 amide bonds. The van der Waals surface area contributed by atoms with Crippen molar-refractivity contribution < 1.29 is 23.1 Å². The van der Waals surface area contributed by atoms with Gasteiger partial charge < -0.3 is 15.0 Å². The standard InChI is InChI=1S/C17H14F2N2O3/c1-9-17(23)21(2)13-8-10(6-7-14(13)24-9)16(22)20-15-11(18)4-3-5-12(15)19/h3-9H,1-2H3,(H,20,22). The molecule has 24 heavy (non-hydrogen) atoms. The number of halogens is 2. The molecule has 0 aromatic heterocycles. The van der Waals surface area contributed by atoms with E-state index in [1.807, 2.05) is 0 Å². The van der Waals surface area contributed by atoms with Gasteiger partial charge in [0.05, 0.1) is 5.69 Å². The van der Waals surface area contributed by atoms with Crippen LogP contribution in [0.2, 0.25) is 0 Å². The summed E-state index contributed by atoms with van der Waals surface area (Å²) in [5.41, 5.74) is 0.0449. The van der Waals surface area contributed by atoms with Crippen molar-refractivity contribution in [2.24, 2.45) is 0 Å². The summed E-state index contributed by atoms with van der Waals surface area (Å²) >= 11 is 0. The average Bonchev–Trinajstić information content (AvgIpc) is 2.56. The number of anilines is 2. The van der Waals surface area contributed by atoms with Gasteiger partial charge in [0.15, 0.2) is 6.10 Å². The summed E-state index contributed by atoms with van der Waals surface area (Å²) in [7, 11) is 1.57. The zero-order valence-corrected chi connectivity index (χ0v) is 13.0. The van der Waals surface area contributed by atoms with Gasteiger partial charge in [-0.2, -0.15) is 0 Å². The lowest BCUT2D eigenvalue weighted by molar-refractivity contribution is -0.125. The number of amides is 2. The molecule has 0 fully saturated rings. The SMILES string of the molecule is CC1Oc2ccc(C(=O)Nc3c(F)cccc3F)cc2N(C)C1=O. The van der Waals surface area contributed by atoms with E-state index in [1.54, 1.807) is 20.0 Å². The largest absolute Gasteiger partial charge is 0.479 e. The van der Waals surface area contributed by atoms with Gasteiger partial charge in [0.1, 0.15) is 23.1 Å². The van der Waals surface area contributed by atoms with Gasteiger partial charge in [-0.3, -0.25) is 9.59 Å². The molecule has 5 nitrogen and oxygen atoms in total. The Labute approximate surface area is 136 Å². The van der Waals surface area contributed by atoms with Crippen LogP contribution in [0.3, 0.4) is 0 Å². The van der Waals surface area contributed by atoms with Crippen molar-refractivity contribution in [3.05, 3.63) is 53.6 Å². The molecule has 7 heteroatoms. The van der Waals surface area contributed by atoms with Gasteiger partial charge in [0.25, 0.3) is 11.8 Å². The summed E-state index contributed by atoms with van der Waals surface area (Å²) in [5.74, 6) is -2.23. The molecule has 0 saturated heterocycles. The minimum atomic E-state index is -0.870. The van der Waals surface area contributed by atoms with Crippen LogP contribution < -0.4 is 15.0 Å². The fourth-order valence-corrected chi connectivity index (χ4v) is 2.46. The molecule has 0 aliphatic carbocycles. The lowest BCUT2D eigenvalue weighted by Gasteiger charge is -2.30. The Bertz CT molecular complexity index is 818. The molecule has 1 aliphatic rings. The average molecular weight is 332 g/mol. The van der Waals surface area contributed by atoms with E-state index >= 15 is 0 Å². The van der Waals surface area contributed by atoms with E-state index in [9.17, 15) is 18.4 Å². The summed E-state index contributed by atoms with van der Waals surface area (Å²) in [4.78, 5) is 25.6. The molecule has 0 spiro atoms. The van der Waals surface area contributed by atoms with E-state index in [0.717, 1.165) is 12.1 Å². The van der Waals surface area contributed by atoms with Crippen molar-refractivity contribution in [2.45, 2.75) is 13.0 Å². The second kappa shape index (κ2) is 5.92. The molecular formula is C17H14F2N2O3. The van der Waals surface area contributed by atoms with Gasteiger partial charge in [0, 0.05) is 12.6 Å². The molecule has 124 valence electrons. The van der Waals surface area contributed by atoms with Crippen LogP contribution in [0, 0.1) is 11.6 Å². The van der Waals surface area contributed by atoms with E-state index in [4.69, 9.17) is 4.74 Å². The third-order valence-corrected chi connectivity index (χ3v) is 3.77. The van der Waals surface area contributed by atoms with Crippen LogP contribution >= 0.6 is 0 Å². The van der Waals surface area contributed by atoms with Crippen molar-refractivity contribution in [1.29, 1.82) is 0 Å². The van der Waals surface area contributed by atoms with Crippen molar-refractivity contribution in [1.82, 2.24) is 0 Å². The lowest BCUT2D eigenvalue weighted by atomic mass is 10.1. The third-order valence-electron chi connectivity index (χ3n) is 3.77. The van der Waals surface area contributed by atoms with Gasteiger partial charge in [-0.15, -0.1) is 0 Å². The highest BCUT2D eigenvalue weighted by Gasteiger charge is 2.29. The molecule has 2 aromatic carbocycles. The first kappa shape index (κ1) is 15.9. The molecule has 1 atom stereocenters. The van der Waals surface area contributed by atoms with Crippen molar-refractivity contribution in [3.63, 3.8) is 0 Å². The highest BCUT2D eigenvalue weighted by Crippen LogP contribution is 2.34. The molecule has 3 rings (SSSR count). The highest BCUT2D eigenvalue weighted by molar-refractivity contribution is 6.07. The number of nitrogens with one attached hydrogen (secondary N) is 1. The lowest BCUT2D eigenvalue weighted by Crippen LogP contribution is -2.42. The van der Waals surface area contributed by atoms with Gasteiger partial charge >= 0.3 is 0 Å². The number of fused-ring (bicyclic) bond motifs is 1. The first-order valence-electron chi connectivity index (χ1n) is 7.22. The minimum Gasteiger partial charge on any atom is -0.479 e. The van der Waals surface area contributed by atoms with Crippen LogP contribution in [-0.4, -0.2) is 25.0 Å². The first-order chi connectivity index (χ1) is 11.4. The summed E-state index contributed by atoms with van der Waals surface area (Å²) in [5, 5.41) is 2.20. The van der Waals surface area contributed by atoms with Gasteiger partial charge in [-0.05, 0) is 37.3 Å². The normalized spacial score (nSPS) is 16.4. The predicted octanol–water partition coefficient (Wildman–Crippen LogP) is 2.96. The van der Waals surface area contributed by atoms with Crippen LogP contribution in [0.4, 0.5) is 20.2 Å². The van der Waals surface area contributed by atoms with E-state index < -0.39 is 29.3 Å². The Morgan fingerprint density at radius 2 is 1.88 bits per heavy atom. The zero-order chi connectivity index (χ0) is 17.4.